The maximum absolute atomic E-state index is 9.54. The van der Waals surface area contributed by atoms with Gasteiger partial charge in [0.1, 0.15) is 10.0 Å². The average Bonchev–Trinajstić information content (AvgIpc) is 3.18. The smallest absolute Gasteiger partial charge is 0.148 e. The van der Waals surface area contributed by atoms with Gasteiger partial charge in [0.2, 0.25) is 0 Å². The van der Waals surface area contributed by atoms with Crippen molar-refractivity contribution in [3.63, 3.8) is 0 Å². The Morgan fingerprint density at radius 2 is 1.89 bits per heavy atom. The molecule has 0 saturated carbocycles. The zero-order valence-corrected chi connectivity index (χ0v) is 17.5. The molecule has 28 heavy (non-hydrogen) atoms. The highest BCUT2D eigenvalue weighted by atomic mass is 32.1. The molecule has 0 bridgehead atoms. The molecule has 5 heteroatoms. The number of nitriles is 1. The highest BCUT2D eigenvalue weighted by Gasteiger charge is 2.15. The van der Waals surface area contributed by atoms with Crippen molar-refractivity contribution in [3.05, 3.63) is 58.7 Å². The van der Waals surface area contributed by atoms with E-state index in [9.17, 15) is 5.26 Å². The SMILES string of the molecule is [B]CCc1cccc(-c2nnc(-c3ccc(CC(C)C)c(C#N)c3)s2)c1CC. The fourth-order valence-electron chi connectivity index (χ4n) is 3.52. The Bertz CT molecular complexity index is 1000. The van der Waals surface area contributed by atoms with Crippen molar-refractivity contribution in [2.45, 2.75) is 46.4 Å². The van der Waals surface area contributed by atoms with Gasteiger partial charge in [-0.2, -0.15) is 5.26 Å². The van der Waals surface area contributed by atoms with Gasteiger partial charge in [0.25, 0.3) is 0 Å². The van der Waals surface area contributed by atoms with Gasteiger partial charge < -0.3 is 0 Å². The van der Waals surface area contributed by atoms with Crippen molar-refractivity contribution in [1.82, 2.24) is 10.2 Å². The van der Waals surface area contributed by atoms with Gasteiger partial charge in [0.05, 0.1) is 19.5 Å². The van der Waals surface area contributed by atoms with E-state index < -0.39 is 0 Å². The van der Waals surface area contributed by atoms with Gasteiger partial charge in [-0.15, -0.1) is 10.2 Å². The summed E-state index contributed by atoms with van der Waals surface area (Å²) >= 11 is 1.57. The first kappa shape index (κ1) is 20.3. The minimum atomic E-state index is 0.513. The highest BCUT2D eigenvalue weighted by Crippen LogP contribution is 2.34. The molecule has 0 aliphatic heterocycles. The lowest BCUT2D eigenvalue weighted by Gasteiger charge is -2.11. The maximum atomic E-state index is 9.54. The Kier molecular flexibility index (Phi) is 6.64. The van der Waals surface area contributed by atoms with Crippen LogP contribution in [-0.2, 0) is 19.3 Å². The van der Waals surface area contributed by atoms with Gasteiger partial charge in [-0.1, -0.05) is 68.8 Å². The molecule has 0 unspecified atom stereocenters. The number of aryl methyl sites for hydroxylation is 1. The van der Waals surface area contributed by atoms with Crippen molar-refractivity contribution >= 4 is 19.2 Å². The number of nitrogens with zero attached hydrogens (tertiary/aromatic N) is 3. The fraction of sp³-hybridized carbons (Fsp3) is 0.348. The third-order valence-electron chi connectivity index (χ3n) is 4.80. The van der Waals surface area contributed by atoms with Gasteiger partial charge in [0.15, 0.2) is 0 Å². The van der Waals surface area contributed by atoms with E-state index in [0.29, 0.717) is 12.2 Å². The van der Waals surface area contributed by atoms with Crippen LogP contribution in [0.5, 0.6) is 0 Å². The zero-order chi connectivity index (χ0) is 20.1. The lowest BCUT2D eigenvalue weighted by atomic mass is 9.91. The third kappa shape index (κ3) is 4.34. The maximum Gasteiger partial charge on any atom is 0.148 e. The van der Waals surface area contributed by atoms with E-state index in [1.54, 1.807) is 11.3 Å². The summed E-state index contributed by atoms with van der Waals surface area (Å²) in [6, 6.07) is 14.7. The Labute approximate surface area is 172 Å². The van der Waals surface area contributed by atoms with Crippen molar-refractivity contribution in [1.29, 1.82) is 5.26 Å². The van der Waals surface area contributed by atoms with E-state index in [1.807, 2.05) is 12.1 Å². The molecule has 2 radical (unpaired) electrons. The second-order valence-electron chi connectivity index (χ2n) is 7.33. The molecule has 2 aromatic carbocycles. The number of hydrogen-bond donors (Lipinski definition) is 0. The van der Waals surface area contributed by atoms with E-state index in [0.717, 1.165) is 51.5 Å². The average molecular weight is 385 g/mol. The predicted octanol–water partition coefficient (Wildman–Crippen LogP) is 5.63. The molecule has 3 rings (SSSR count). The standard InChI is InChI=1S/C23H24BN3S/c1-4-20-16(10-11-24)6-5-7-21(20)23-27-26-22(28-23)18-9-8-17(12-15(2)3)19(13-18)14-25/h5-9,13,15H,4,10-12H2,1-3H3. The molecule has 0 saturated heterocycles. The van der Waals surface area contributed by atoms with E-state index in [1.165, 1.54) is 11.1 Å². The third-order valence-corrected chi connectivity index (χ3v) is 5.81. The van der Waals surface area contributed by atoms with E-state index in [4.69, 9.17) is 7.85 Å². The van der Waals surface area contributed by atoms with E-state index in [2.05, 4.69) is 61.3 Å². The van der Waals surface area contributed by atoms with Crippen LogP contribution in [0.25, 0.3) is 21.1 Å². The van der Waals surface area contributed by atoms with Crippen molar-refractivity contribution in [2.75, 3.05) is 0 Å². The van der Waals surface area contributed by atoms with Gasteiger partial charge in [-0.25, -0.2) is 0 Å². The monoisotopic (exact) mass is 385 g/mol. The first-order chi connectivity index (χ1) is 13.6. The Morgan fingerprint density at radius 1 is 1.11 bits per heavy atom. The summed E-state index contributed by atoms with van der Waals surface area (Å²) in [6.45, 7) is 6.49. The molecule has 0 spiro atoms. The van der Waals surface area contributed by atoms with Crippen LogP contribution in [0.1, 0.15) is 43.0 Å². The lowest BCUT2D eigenvalue weighted by Crippen LogP contribution is -1.97. The molecule has 0 amide bonds. The van der Waals surface area contributed by atoms with Gasteiger partial charge in [-0.3, -0.25) is 0 Å². The molecular weight excluding hydrogens is 361 g/mol. The summed E-state index contributed by atoms with van der Waals surface area (Å²) in [5.41, 5.74) is 6.47. The first-order valence-corrected chi connectivity index (χ1v) is 10.6. The molecule has 0 aliphatic carbocycles. The predicted molar refractivity (Wildman–Crippen MR) is 118 cm³/mol. The van der Waals surface area contributed by atoms with Gasteiger partial charge in [-0.05, 0) is 47.9 Å². The zero-order valence-electron chi connectivity index (χ0n) is 16.7. The molecule has 1 aromatic heterocycles. The Balaban J connectivity index is 1.97. The fourth-order valence-corrected chi connectivity index (χ4v) is 4.41. The summed E-state index contributed by atoms with van der Waals surface area (Å²) in [5, 5.41) is 20.2. The van der Waals surface area contributed by atoms with Gasteiger partial charge in [0, 0.05) is 11.1 Å². The van der Waals surface area contributed by atoms with Gasteiger partial charge >= 0.3 is 0 Å². The minimum absolute atomic E-state index is 0.513. The molecule has 1 heterocycles. The number of benzene rings is 2. The normalized spacial score (nSPS) is 11.0. The van der Waals surface area contributed by atoms with Crippen LogP contribution in [0.3, 0.4) is 0 Å². The highest BCUT2D eigenvalue weighted by molar-refractivity contribution is 7.17. The molecule has 0 fully saturated rings. The summed E-state index contributed by atoms with van der Waals surface area (Å²) in [5.74, 6) is 0.513. The number of aromatic nitrogens is 2. The minimum Gasteiger partial charge on any atom is -0.192 e. The van der Waals surface area contributed by atoms with E-state index in [-0.39, 0.29) is 0 Å². The van der Waals surface area contributed by atoms with Crippen molar-refractivity contribution < 1.29 is 0 Å². The molecule has 3 aromatic rings. The molecule has 0 N–H and O–H groups in total. The summed E-state index contributed by atoms with van der Waals surface area (Å²) in [6.07, 6.45) is 3.34. The van der Waals surface area contributed by atoms with Crippen LogP contribution in [0.15, 0.2) is 36.4 Å². The van der Waals surface area contributed by atoms with E-state index >= 15 is 0 Å². The van der Waals surface area contributed by atoms with Crippen molar-refractivity contribution in [3.8, 4) is 27.2 Å². The summed E-state index contributed by atoms with van der Waals surface area (Å²) in [7, 11) is 5.77. The van der Waals surface area contributed by atoms with Crippen LogP contribution in [0, 0.1) is 17.2 Å². The lowest BCUT2D eigenvalue weighted by molar-refractivity contribution is 0.646. The Morgan fingerprint density at radius 3 is 2.57 bits per heavy atom. The second kappa shape index (κ2) is 9.17. The van der Waals surface area contributed by atoms with Crippen LogP contribution >= 0.6 is 11.3 Å². The largest absolute Gasteiger partial charge is 0.192 e. The van der Waals surface area contributed by atoms with Crippen LogP contribution in [-0.4, -0.2) is 18.0 Å². The summed E-state index contributed by atoms with van der Waals surface area (Å²) < 4.78 is 0. The van der Waals surface area contributed by atoms with Crippen LogP contribution in [0.4, 0.5) is 0 Å². The number of rotatable bonds is 7. The molecule has 0 aliphatic rings. The first-order valence-electron chi connectivity index (χ1n) is 9.75. The molecule has 0 atom stereocenters. The second-order valence-corrected chi connectivity index (χ2v) is 8.31. The van der Waals surface area contributed by atoms with Crippen LogP contribution < -0.4 is 0 Å². The summed E-state index contributed by atoms with van der Waals surface area (Å²) in [4.78, 5) is 0. The molecule has 140 valence electrons. The van der Waals surface area contributed by atoms with Crippen molar-refractivity contribution in [2.24, 2.45) is 5.92 Å². The topological polar surface area (TPSA) is 49.6 Å². The number of hydrogen-bond acceptors (Lipinski definition) is 4. The Hall–Kier alpha value is -2.45. The van der Waals surface area contributed by atoms with Crippen LogP contribution in [0.2, 0.25) is 6.32 Å². The molecular formula is C23H24BN3S. The quantitative estimate of drug-likeness (QED) is 0.495. The molecule has 3 nitrogen and oxygen atoms in total.